The van der Waals surface area contributed by atoms with E-state index in [-0.39, 0.29) is 18.5 Å². The topological polar surface area (TPSA) is 95.9 Å². The summed E-state index contributed by atoms with van der Waals surface area (Å²) in [5.74, 6) is -0.0942. The lowest BCUT2D eigenvalue weighted by atomic mass is 10.0. The lowest BCUT2D eigenvalue weighted by Crippen LogP contribution is -2.45. The molecule has 2 atom stereocenters. The summed E-state index contributed by atoms with van der Waals surface area (Å²) in [7, 11) is 0. The Kier molecular flexibility index (Phi) is 51.6. The number of carbonyl (C=O) groups excluding carboxylic acids is 2. The van der Waals surface area contributed by atoms with Crippen molar-refractivity contribution in [1.29, 1.82) is 0 Å². The van der Waals surface area contributed by atoms with Crippen LogP contribution in [-0.4, -0.2) is 47.4 Å². The van der Waals surface area contributed by atoms with Crippen LogP contribution >= 0.6 is 0 Å². The predicted octanol–water partition coefficient (Wildman–Crippen LogP) is 17.1. The highest BCUT2D eigenvalue weighted by Crippen LogP contribution is 2.16. The molecule has 6 heteroatoms. The van der Waals surface area contributed by atoms with Crippen molar-refractivity contribution in [1.82, 2.24) is 5.32 Å². The maximum Gasteiger partial charge on any atom is 0.305 e. The molecule has 1 amide bonds. The van der Waals surface area contributed by atoms with Gasteiger partial charge in [0.2, 0.25) is 5.91 Å². The van der Waals surface area contributed by atoms with Gasteiger partial charge in [-0.1, -0.05) is 256 Å². The second-order valence-electron chi connectivity index (χ2n) is 19.3. The molecule has 0 aromatic rings. The van der Waals surface area contributed by atoms with Gasteiger partial charge in [-0.2, -0.15) is 0 Å². The number of nitrogens with one attached hydrogen (secondary N) is 1. The quantitative estimate of drug-likeness (QED) is 0.0321. The molecule has 2 unspecified atom stereocenters. The largest absolute Gasteiger partial charge is 0.466 e. The van der Waals surface area contributed by atoms with Gasteiger partial charge in [-0.25, -0.2) is 0 Å². The van der Waals surface area contributed by atoms with E-state index >= 15 is 0 Å². The van der Waals surface area contributed by atoms with Crippen LogP contribution < -0.4 is 5.32 Å². The molecule has 0 saturated carbocycles. The molecule has 0 aromatic carbocycles. The van der Waals surface area contributed by atoms with Crippen molar-refractivity contribution in [2.45, 2.75) is 315 Å². The van der Waals surface area contributed by atoms with Crippen molar-refractivity contribution < 1.29 is 24.5 Å². The zero-order chi connectivity index (χ0) is 45.8. The number of ether oxygens (including phenoxy) is 1. The molecule has 0 radical (unpaired) electrons. The molecule has 0 aromatic heterocycles. The van der Waals surface area contributed by atoms with Gasteiger partial charge >= 0.3 is 5.97 Å². The van der Waals surface area contributed by atoms with Gasteiger partial charge in [-0.3, -0.25) is 9.59 Å². The van der Waals surface area contributed by atoms with E-state index in [9.17, 15) is 19.8 Å². The van der Waals surface area contributed by atoms with Crippen LogP contribution in [0.3, 0.4) is 0 Å². The number of aliphatic hydroxyl groups excluding tert-OH is 2. The van der Waals surface area contributed by atoms with Crippen molar-refractivity contribution in [3.63, 3.8) is 0 Å². The molecule has 0 bridgehead atoms. The molecule has 63 heavy (non-hydrogen) atoms. The Labute approximate surface area is 392 Å². The number of allylic oxidation sites excluding steroid dienone is 3. The number of esters is 1. The van der Waals surface area contributed by atoms with Crippen LogP contribution in [0.4, 0.5) is 0 Å². The first-order valence-electron chi connectivity index (χ1n) is 28.1. The molecule has 0 aliphatic carbocycles. The predicted molar refractivity (Wildman–Crippen MR) is 273 cm³/mol. The zero-order valence-corrected chi connectivity index (χ0v) is 42.3. The monoisotopic (exact) mass is 888 g/mol. The van der Waals surface area contributed by atoms with Crippen LogP contribution in [0.1, 0.15) is 303 Å². The van der Waals surface area contributed by atoms with Gasteiger partial charge in [-0.05, 0) is 57.8 Å². The van der Waals surface area contributed by atoms with Crippen molar-refractivity contribution in [2.75, 3.05) is 13.2 Å². The highest BCUT2D eigenvalue weighted by molar-refractivity contribution is 5.76. The number of carbonyl (C=O) groups is 2. The molecule has 3 N–H and O–H groups in total. The molecule has 0 saturated heterocycles. The Balaban J connectivity index is 3.49. The van der Waals surface area contributed by atoms with Gasteiger partial charge < -0.3 is 20.3 Å². The van der Waals surface area contributed by atoms with Crippen molar-refractivity contribution in [3.05, 3.63) is 24.3 Å². The van der Waals surface area contributed by atoms with Crippen LogP contribution in [0, 0.1) is 0 Å². The lowest BCUT2D eigenvalue weighted by molar-refractivity contribution is -0.143. The first-order chi connectivity index (χ1) is 31.0. The summed E-state index contributed by atoms with van der Waals surface area (Å²) in [5, 5.41) is 23.1. The molecular formula is C57H109NO5. The van der Waals surface area contributed by atoms with Crippen LogP contribution in [0.25, 0.3) is 0 Å². The Morgan fingerprint density at radius 1 is 0.429 bits per heavy atom. The maximum atomic E-state index is 12.5. The number of hydrogen-bond donors (Lipinski definition) is 3. The van der Waals surface area contributed by atoms with Gasteiger partial charge in [-0.15, -0.1) is 0 Å². The van der Waals surface area contributed by atoms with Crippen LogP contribution in [0.2, 0.25) is 0 Å². The second-order valence-corrected chi connectivity index (χ2v) is 19.3. The second kappa shape index (κ2) is 53.0. The van der Waals surface area contributed by atoms with Gasteiger partial charge in [0.15, 0.2) is 0 Å². The highest BCUT2D eigenvalue weighted by atomic mass is 16.5. The minimum atomic E-state index is -0.853. The van der Waals surface area contributed by atoms with E-state index < -0.39 is 12.1 Å². The Bertz CT molecular complexity index is 982. The summed E-state index contributed by atoms with van der Waals surface area (Å²) in [6.07, 6.45) is 63.3. The smallest absolute Gasteiger partial charge is 0.305 e. The summed E-state index contributed by atoms with van der Waals surface area (Å²) < 4.78 is 5.46. The molecule has 372 valence electrons. The summed E-state index contributed by atoms with van der Waals surface area (Å²) in [6.45, 7) is 4.88. The molecule has 0 aliphatic rings. The molecule has 6 nitrogen and oxygen atoms in total. The molecule has 0 aliphatic heterocycles. The molecule has 0 heterocycles. The van der Waals surface area contributed by atoms with E-state index in [1.54, 1.807) is 6.08 Å². The fourth-order valence-corrected chi connectivity index (χ4v) is 8.63. The number of rotatable bonds is 52. The fourth-order valence-electron chi connectivity index (χ4n) is 8.63. The van der Waals surface area contributed by atoms with Crippen LogP contribution in [0.15, 0.2) is 24.3 Å². The molecular weight excluding hydrogens is 779 g/mol. The third-order valence-electron chi connectivity index (χ3n) is 13.0. The van der Waals surface area contributed by atoms with Gasteiger partial charge in [0.25, 0.3) is 0 Å². The van der Waals surface area contributed by atoms with E-state index in [0.717, 1.165) is 57.8 Å². The lowest BCUT2D eigenvalue weighted by Gasteiger charge is -2.20. The maximum absolute atomic E-state index is 12.5. The minimum absolute atomic E-state index is 0.0151. The fraction of sp³-hybridized carbons (Fsp3) is 0.895. The average molecular weight is 889 g/mol. The molecule has 0 spiro atoms. The first kappa shape index (κ1) is 61.3. The van der Waals surface area contributed by atoms with Gasteiger partial charge in [0.05, 0.1) is 25.4 Å². The summed E-state index contributed by atoms with van der Waals surface area (Å²) in [5.41, 5.74) is 0. The highest BCUT2D eigenvalue weighted by Gasteiger charge is 2.18. The minimum Gasteiger partial charge on any atom is -0.466 e. The third kappa shape index (κ3) is 49.6. The average Bonchev–Trinajstić information content (AvgIpc) is 3.28. The summed E-state index contributed by atoms with van der Waals surface area (Å²) >= 11 is 0. The number of amides is 1. The Morgan fingerprint density at radius 2 is 0.746 bits per heavy atom. The standard InChI is InChI=1S/C57H109NO5/c1-3-5-7-9-11-13-15-17-19-20-21-22-23-25-29-33-37-41-45-49-55(60)54(53-59)58-56(61)50-46-42-38-34-30-26-24-28-32-36-40-44-48-52-63-57(62)51-47-43-39-35-31-27-18-16-14-12-10-8-6-4-2/h16,18,45,49,54-55,59-60H,3-15,17,19-44,46-48,50-53H2,1-2H3,(H,58,61)/b18-16-,49-45+. The summed E-state index contributed by atoms with van der Waals surface area (Å²) in [4.78, 5) is 24.5. The van der Waals surface area contributed by atoms with Gasteiger partial charge in [0.1, 0.15) is 0 Å². The molecule has 0 rings (SSSR count). The van der Waals surface area contributed by atoms with Crippen molar-refractivity contribution in [3.8, 4) is 0 Å². The summed E-state index contributed by atoms with van der Waals surface area (Å²) in [6, 6.07) is -0.638. The third-order valence-corrected chi connectivity index (χ3v) is 13.0. The number of hydrogen-bond acceptors (Lipinski definition) is 5. The zero-order valence-electron chi connectivity index (χ0n) is 42.3. The van der Waals surface area contributed by atoms with E-state index in [2.05, 4.69) is 31.3 Å². The first-order valence-corrected chi connectivity index (χ1v) is 28.1. The number of unbranched alkanes of at least 4 members (excludes halogenated alkanes) is 39. The van der Waals surface area contributed by atoms with E-state index in [1.165, 1.54) is 218 Å². The van der Waals surface area contributed by atoms with Crippen LogP contribution in [-0.2, 0) is 14.3 Å². The van der Waals surface area contributed by atoms with E-state index in [1.807, 2.05) is 6.08 Å². The SMILES string of the molecule is CCCCCCC/C=C\CCCCCCCC(=O)OCCCCCCCCCCCCCCCC(=O)NC(CO)C(O)/C=C/CCCCCCCCCCCCCCCCCCC. The Hall–Kier alpha value is -1.66. The normalized spacial score (nSPS) is 12.8. The molecule has 0 fully saturated rings. The van der Waals surface area contributed by atoms with Crippen LogP contribution in [0.5, 0.6) is 0 Å². The van der Waals surface area contributed by atoms with Crippen molar-refractivity contribution >= 4 is 11.9 Å². The van der Waals surface area contributed by atoms with E-state index in [4.69, 9.17) is 4.74 Å². The van der Waals surface area contributed by atoms with E-state index in [0.29, 0.717) is 19.4 Å². The van der Waals surface area contributed by atoms with Crippen molar-refractivity contribution in [2.24, 2.45) is 0 Å². The number of aliphatic hydroxyl groups is 2. The Morgan fingerprint density at radius 3 is 1.13 bits per heavy atom. The van der Waals surface area contributed by atoms with Gasteiger partial charge in [0, 0.05) is 12.8 Å².